The minimum absolute atomic E-state index is 0.0839. The molecule has 27 heavy (non-hydrogen) atoms. The Morgan fingerprint density at radius 2 is 1.81 bits per heavy atom. The van der Waals surface area contributed by atoms with E-state index in [4.69, 9.17) is 0 Å². The Hall–Kier alpha value is -2.15. The first-order valence-electron chi connectivity index (χ1n) is 10.0. The van der Waals surface area contributed by atoms with E-state index >= 15 is 0 Å². The molecule has 0 unspecified atom stereocenters. The average molecular weight is 371 g/mol. The van der Waals surface area contributed by atoms with Crippen LogP contribution in [0, 0.1) is 12.8 Å². The van der Waals surface area contributed by atoms with Crippen molar-refractivity contribution in [1.29, 1.82) is 0 Å². The number of anilines is 1. The predicted molar refractivity (Wildman–Crippen MR) is 103 cm³/mol. The van der Waals surface area contributed by atoms with Crippen LogP contribution in [0.5, 0.6) is 0 Å². The fraction of sp³-hybridized carbons (Fsp3) is 0.650. The van der Waals surface area contributed by atoms with Crippen molar-refractivity contribution >= 4 is 17.6 Å². The van der Waals surface area contributed by atoms with Crippen LogP contribution in [0.4, 0.5) is 5.82 Å². The van der Waals surface area contributed by atoms with Gasteiger partial charge in [-0.3, -0.25) is 24.1 Å². The highest BCUT2D eigenvalue weighted by atomic mass is 16.2. The highest BCUT2D eigenvalue weighted by molar-refractivity contribution is 5.97. The Morgan fingerprint density at radius 1 is 1.11 bits per heavy atom. The number of aromatic nitrogens is 2. The van der Waals surface area contributed by atoms with Gasteiger partial charge in [0.05, 0.1) is 11.7 Å². The number of allylic oxidation sites excluding steroid dienone is 2. The second kappa shape index (κ2) is 7.46. The van der Waals surface area contributed by atoms with Crippen LogP contribution in [0.1, 0.15) is 31.4 Å². The number of rotatable bonds is 3. The van der Waals surface area contributed by atoms with Gasteiger partial charge in [-0.1, -0.05) is 12.2 Å². The van der Waals surface area contributed by atoms with Crippen molar-refractivity contribution in [2.24, 2.45) is 13.0 Å². The Kier molecular flexibility index (Phi) is 5.04. The molecule has 2 fully saturated rings. The van der Waals surface area contributed by atoms with Crippen LogP contribution in [0.3, 0.4) is 0 Å². The van der Waals surface area contributed by atoms with E-state index in [0.717, 1.165) is 69.9 Å². The lowest BCUT2D eigenvalue weighted by Gasteiger charge is -2.42. The van der Waals surface area contributed by atoms with Gasteiger partial charge >= 0.3 is 0 Å². The van der Waals surface area contributed by atoms with Crippen LogP contribution < -0.4 is 4.90 Å². The summed E-state index contributed by atoms with van der Waals surface area (Å²) in [5.41, 5.74) is 0.927. The SMILES string of the molecule is Cc1cc(N2CCC[C@H](N3CCN(C(=O)C4CC=CC4)CC3)C2=O)n(C)n1. The fourth-order valence-electron chi connectivity index (χ4n) is 4.60. The van der Waals surface area contributed by atoms with Crippen LogP contribution in [0.2, 0.25) is 0 Å². The third-order valence-electron chi connectivity index (χ3n) is 6.09. The predicted octanol–water partition coefficient (Wildman–Crippen LogP) is 1.33. The molecule has 0 N–H and O–H groups in total. The Balaban J connectivity index is 1.38. The van der Waals surface area contributed by atoms with E-state index in [1.54, 1.807) is 4.68 Å². The monoisotopic (exact) mass is 371 g/mol. The van der Waals surface area contributed by atoms with E-state index in [9.17, 15) is 9.59 Å². The third kappa shape index (κ3) is 3.52. The molecule has 1 aromatic rings. The lowest BCUT2D eigenvalue weighted by molar-refractivity contribution is -0.138. The van der Waals surface area contributed by atoms with Crippen LogP contribution >= 0.6 is 0 Å². The number of amides is 2. The molecule has 4 rings (SSSR count). The van der Waals surface area contributed by atoms with Gasteiger partial charge in [-0.2, -0.15) is 5.10 Å². The quantitative estimate of drug-likeness (QED) is 0.752. The van der Waals surface area contributed by atoms with Crippen LogP contribution in [0.25, 0.3) is 0 Å². The molecular weight excluding hydrogens is 342 g/mol. The first-order valence-corrected chi connectivity index (χ1v) is 10.0. The number of piperazine rings is 1. The van der Waals surface area contributed by atoms with Gasteiger partial charge in [-0.05, 0) is 32.6 Å². The Bertz CT molecular complexity index is 740. The van der Waals surface area contributed by atoms with Crippen molar-refractivity contribution in [3.8, 4) is 0 Å². The van der Waals surface area contributed by atoms with Crippen LogP contribution in [-0.4, -0.2) is 70.2 Å². The highest BCUT2D eigenvalue weighted by Gasteiger charge is 2.37. The molecule has 2 saturated heterocycles. The zero-order valence-electron chi connectivity index (χ0n) is 16.3. The summed E-state index contributed by atoms with van der Waals surface area (Å²) in [7, 11) is 1.89. The molecule has 0 saturated carbocycles. The van der Waals surface area contributed by atoms with Gasteiger partial charge in [-0.25, -0.2) is 0 Å². The molecule has 2 aliphatic heterocycles. The third-order valence-corrected chi connectivity index (χ3v) is 6.09. The molecule has 2 amide bonds. The molecule has 0 bridgehead atoms. The number of carbonyl (C=O) groups excluding carboxylic acids is 2. The zero-order valence-corrected chi connectivity index (χ0v) is 16.3. The maximum Gasteiger partial charge on any atom is 0.245 e. The number of nitrogens with zero attached hydrogens (tertiary/aromatic N) is 5. The van der Waals surface area contributed by atoms with Crippen LogP contribution in [-0.2, 0) is 16.6 Å². The lowest BCUT2D eigenvalue weighted by Crippen LogP contribution is -2.59. The maximum absolute atomic E-state index is 13.2. The van der Waals surface area contributed by atoms with Gasteiger partial charge in [0.1, 0.15) is 5.82 Å². The summed E-state index contributed by atoms with van der Waals surface area (Å²) in [6.45, 7) is 5.71. The molecule has 1 aliphatic carbocycles. The summed E-state index contributed by atoms with van der Waals surface area (Å²) in [6.07, 6.45) is 7.85. The number of aryl methyl sites for hydroxylation is 2. The van der Waals surface area contributed by atoms with Crippen molar-refractivity contribution < 1.29 is 9.59 Å². The average Bonchev–Trinajstić information content (AvgIpc) is 3.31. The molecule has 146 valence electrons. The number of hydrogen-bond donors (Lipinski definition) is 0. The van der Waals surface area contributed by atoms with Gasteiger partial charge in [0.25, 0.3) is 0 Å². The fourth-order valence-corrected chi connectivity index (χ4v) is 4.60. The van der Waals surface area contributed by atoms with Gasteiger partial charge in [0.15, 0.2) is 0 Å². The minimum atomic E-state index is -0.0839. The van der Waals surface area contributed by atoms with Gasteiger partial charge in [0, 0.05) is 51.8 Å². The molecule has 7 heteroatoms. The molecular formula is C20H29N5O2. The van der Waals surface area contributed by atoms with Crippen molar-refractivity contribution in [2.75, 3.05) is 37.6 Å². The van der Waals surface area contributed by atoms with E-state index in [2.05, 4.69) is 22.2 Å². The zero-order chi connectivity index (χ0) is 19.0. The van der Waals surface area contributed by atoms with E-state index < -0.39 is 0 Å². The largest absolute Gasteiger partial charge is 0.340 e. The summed E-state index contributed by atoms with van der Waals surface area (Å²) in [6, 6.07) is 1.89. The summed E-state index contributed by atoms with van der Waals surface area (Å²) in [4.78, 5) is 31.9. The molecule has 0 radical (unpaired) electrons. The van der Waals surface area contributed by atoms with Crippen LogP contribution in [0.15, 0.2) is 18.2 Å². The van der Waals surface area contributed by atoms with E-state index in [1.807, 2.05) is 29.8 Å². The number of piperidine rings is 1. The first kappa shape index (κ1) is 18.2. The topological polar surface area (TPSA) is 61.7 Å². The normalized spacial score (nSPS) is 24.8. The standard InChI is InChI=1S/C20H29N5O2/c1-15-14-18(22(2)21-15)25-9-5-8-17(20(25)27)23-10-12-24(13-11-23)19(26)16-6-3-4-7-16/h3-4,14,16-17H,5-13H2,1-2H3/t17-/m0/s1. The van der Waals surface area contributed by atoms with Gasteiger partial charge in [-0.15, -0.1) is 0 Å². The second-order valence-electron chi connectivity index (χ2n) is 7.92. The van der Waals surface area contributed by atoms with Gasteiger partial charge < -0.3 is 4.90 Å². The Labute approximate surface area is 160 Å². The van der Waals surface area contributed by atoms with Crippen molar-refractivity contribution in [3.05, 3.63) is 23.9 Å². The molecule has 0 spiro atoms. The molecule has 7 nitrogen and oxygen atoms in total. The number of hydrogen-bond acceptors (Lipinski definition) is 4. The lowest BCUT2D eigenvalue weighted by atomic mass is 10.0. The summed E-state index contributed by atoms with van der Waals surface area (Å²) in [5.74, 6) is 1.46. The molecule has 3 heterocycles. The number of carbonyl (C=O) groups is 2. The molecule has 1 aromatic heterocycles. The van der Waals surface area contributed by atoms with E-state index in [-0.39, 0.29) is 23.8 Å². The second-order valence-corrected chi connectivity index (χ2v) is 7.92. The minimum Gasteiger partial charge on any atom is -0.340 e. The molecule has 3 aliphatic rings. The van der Waals surface area contributed by atoms with Crippen molar-refractivity contribution in [1.82, 2.24) is 19.6 Å². The van der Waals surface area contributed by atoms with Crippen molar-refractivity contribution in [2.45, 2.75) is 38.6 Å². The summed E-state index contributed by atoms with van der Waals surface area (Å²) >= 11 is 0. The molecule has 0 aromatic carbocycles. The van der Waals surface area contributed by atoms with E-state index in [1.165, 1.54) is 0 Å². The Morgan fingerprint density at radius 3 is 2.44 bits per heavy atom. The highest BCUT2D eigenvalue weighted by Crippen LogP contribution is 2.26. The summed E-state index contributed by atoms with van der Waals surface area (Å²) in [5, 5.41) is 4.39. The van der Waals surface area contributed by atoms with Gasteiger partial charge in [0.2, 0.25) is 11.8 Å². The first-order chi connectivity index (χ1) is 13.0. The smallest absolute Gasteiger partial charge is 0.245 e. The maximum atomic E-state index is 13.2. The van der Waals surface area contributed by atoms with Crippen molar-refractivity contribution in [3.63, 3.8) is 0 Å². The molecule has 1 atom stereocenters. The summed E-state index contributed by atoms with van der Waals surface area (Å²) < 4.78 is 1.79. The van der Waals surface area contributed by atoms with E-state index in [0.29, 0.717) is 0 Å².